The van der Waals surface area contributed by atoms with Crippen molar-refractivity contribution in [2.45, 2.75) is 81.3 Å². The molecule has 1 aromatic carbocycles. The number of ether oxygens (including phenoxy) is 2. The number of rotatable bonds is 6. The number of phenolic OH excluding ortho intramolecular Hbond substituents is 1. The number of nitrogens with zero attached hydrogens (tertiary/aromatic N) is 4. The van der Waals surface area contributed by atoms with E-state index in [1.807, 2.05) is 24.3 Å². The first-order chi connectivity index (χ1) is 20.0. The smallest absolute Gasteiger partial charge is 0.168 e. The average Bonchev–Trinajstić information content (AvgIpc) is 3.42. The van der Waals surface area contributed by atoms with Crippen LogP contribution in [-0.2, 0) is 21.3 Å². The van der Waals surface area contributed by atoms with Crippen LogP contribution >= 0.6 is 0 Å². The molecule has 5 fully saturated rings. The van der Waals surface area contributed by atoms with Crippen LogP contribution in [0.25, 0.3) is 11.3 Å². The van der Waals surface area contributed by atoms with E-state index >= 15 is 0 Å². The van der Waals surface area contributed by atoms with Crippen LogP contribution in [0.15, 0.2) is 42.7 Å². The van der Waals surface area contributed by atoms with Crippen LogP contribution in [0.2, 0.25) is 0 Å². The van der Waals surface area contributed by atoms with Gasteiger partial charge >= 0.3 is 0 Å². The van der Waals surface area contributed by atoms with Gasteiger partial charge in [0.2, 0.25) is 0 Å². The summed E-state index contributed by atoms with van der Waals surface area (Å²) in [5, 5.41) is 18.7. The quantitative estimate of drug-likeness (QED) is 0.408. The Hall–Kier alpha value is -3.10. The van der Waals surface area contributed by atoms with Crippen LogP contribution < -0.4 is 5.73 Å². The second-order valence-corrected chi connectivity index (χ2v) is 13.4. The van der Waals surface area contributed by atoms with E-state index in [-0.39, 0.29) is 17.0 Å². The van der Waals surface area contributed by atoms with Gasteiger partial charge in [0.25, 0.3) is 0 Å². The molecule has 3 aromatic rings. The summed E-state index contributed by atoms with van der Waals surface area (Å²) < 4.78 is 11.8. The van der Waals surface area contributed by atoms with Gasteiger partial charge in [0.1, 0.15) is 17.4 Å². The number of aromatic hydroxyl groups is 1. The SMILES string of the molecule is Nc1nnc(-c2ccccc2O)cc1CCC1CC2CC3(c4ncc(C5CCC6(CC5)OCCO6)cn4)CC(C1)C23. The maximum Gasteiger partial charge on any atom is 0.168 e. The molecule has 0 radical (unpaired) electrons. The monoisotopic (exact) mass is 553 g/mol. The van der Waals surface area contributed by atoms with Gasteiger partial charge in [-0.1, -0.05) is 12.1 Å². The number of nitrogen functional groups attached to an aromatic ring is 1. The van der Waals surface area contributed by atoms with Gasteiger partial charge in [-0.25, -0.2) is 9.97 Å². The van der Waals surface area contributed by atoms with Crippen LogP contribution in [0.1, 0.15) is 80.7 Å². The van der Waals surface area contributed by atoms with E-state index < -0.39 is 0 Å². The Balaban J connectivity index is 0.880. The molecule has 0 bridgehead atoms. The highest BCUT2D eigenvalue weighted by Gasteiger charge is 2.68. The molecule has 5 aliphatic rings. The number of aromatic nitrogens is 4. The average molecular weight is 554 g/mol. The number of hydrogen-bond acceptors (Lipinski definition) is 8. The van der Waals surface area contributed by atoms with E-state index in [1.54, 1.807) is 6.07 Å². The molecule has 4 aliphatic carbocycles. The van der Waals surface area contributed by atoms with E-state index in [4.69, 9.17) is 25.2 Å². The number of anilines is 1. The lowest BCUT2D eigenvalue weighted by Gasteiger charge is -2.70. The van der Waals surface area contributed by atoms with Gasteiger partial charge in [-0.2, -0.15) is 0 Å². The Labute approximate surface area is 241 Å². The van der Waals surface area contributed by atoms with Crippen molar-refractivity contribution in [3.05, 3.63) is 59.7 Å². The van der Waals surface area contributed by atoms with E-state index in [0.717, 1.165) is 80.9 Å². The Morgan fingerprint density at radius 3 is 2.37 bits per heavy atom. The summed E-state index contributed by atoms with van der Waals surface area (Å²) in [5.41, 5.74) is 10.1. The number of aryl methyl sites for hydroxylation is 1. The molecule has 41 heavy (non-hydrogen) atoms. The summed E-state index contributed by atoms with van der Waals surface area (Å²) >= 11 is 0. The fourth-order valence-corrected chi connectivity index (χ4v) is 9.30. The minimum atomic E-state index is -0.312. The standard InChI is InChI=1S/C33H39N5O3/c34-30-22(15-27(37-38-30)26-3-1-2-4-28(26)39)6-5-20-13-23-16-32(17-24(14-20)29(23)32)31-35-18-25(19-36-31)21-7-9-33(10-8-21)40-11-12-41-33/h1-4,15,18-21,23-24,29,39H,5-14,16-17H2,(H2,34,38). The molecule has 8 rings (SSSR count). The Bertz CT molecular complexity index is 1410. The molecular formula is C33H39N5O3. The zero-order valence-electron chi connectivity index (χ0n) is 23.5. The third kappa shape index (κ3) is 4.24. The van der Waals surface area contributed by atoms with Crippen molar-refractivity contribution in [1.82, 2.24) is 20.2 Å². The van der Waals surface area contributed by atoms with Crippen LogP contribution in [0.3, 0.4) is 0 Å². The molecule has 3 heterocycles. The summed E-state index contributed by atoms with van der Waals surface area (Å²) in [6.45, 7) is 1.46. The number of nitrogens with two attached hydrogens (primary N) is 1. The zero-order chi connectivity index (χ0) is 27.6. The molecule has 1 saturated heterocycles. The van der Waals surface area contributed by atoms with E-state index in [9.17, 15) is 5.11 Å². The molecule has 2 atom stereocenters. The van der Waals surface area contributed by atoms with Gasteiger partial charge in [-0.15, -0.1) is 10.2 Å². The van der Waals surface area contributed by atoms with Crippen LogP contribution in [0, 0.1) is 23.7 Å². The molecular weight excluding hydrogens is 514 g/mol. The third-order valence-corrected chi connectivity index (χ3v) is 11.2. The number of hydrogen-bond donors (Lipinski definition) is 2. The fraction of sp³-hybridized carbons (Fsp3) is 0.576. The van der Waals surface area contributed by atoms with Crippen molar-refractivity contribution in [3.8, 4) is 17.0 Å². The first-order valence-electron chi connectivity index (χ1n) is 15.5. The van der Waals surface area contributed by atoms with Gasteiger partial charge in [0.05, 0.1) is 18.9 Å². The molecule has 4 saturated carbocycles. The molecule has 8 heteroatoms. The molecule has 8 nitrogen and oxygen atoms in total. The number of para-hydroxylation sites is 1. The molecule has 1 aliphatic heterocycles. The highest BCUT2D eigenvalue weighted by molar-refractivity contribution is 5.67. The van der Waals surface area contributed by atoms with Crippen molar-refractivity contribution in [3.63, 3.8) is 0 Å². The summed E-state index contributed by atoms with van der Waals surface area (Å²) in [6, 6.07) is 9.25. The normalized spacial score (nSPS) is 31.8. The predicted octanol–water partition coefficient (Wildman–Crippen LogP) is 5.56. The van der Waals surface area contributed by atoms with Crippen molar-refractivity contribution in [2.24, 2.45) is 23.7 Å². The minimum absolute atomic E-state index is 0.212. The Kier molecular flexibility index (Phi) is 6.08. The Morgan fingerprint density at radius 2 is 1.66 bits per heavy atom. The van der Waals surface area contributed by atoms with Crippen LogP contribution in [0.4, 0.5) is 5.82 Å². The van der Waals surface area contributed by atoms with Gasteiger partial charge in [0, 0.05) is 36.2 Å². The van der Waals surface area contributed by atoms with Crippen LogP contribution in [0.5, 0.6) is 5.75 Å². The van der Waals surface area contributed by atoms with E-state index in [1.165, 1.54) is 31.2 Å². The third-order valence-electron chi connectivity index (χ3n) is 11.2. The van der Waals surface area contributed by atoms with E-state index in [2.05, 4.69) is 22.6 Å². The lowest BCUT2D eigenvalue weighted by atomic mass is 9.34. The summed E-state index contributed by atoms with van der Waals surface area (Å²) in [5.74, 6) is 5.07. The van der Waals surface area contributed by atoms with Crippen molar-refractivity contribution in [2.75, 3.05) is 18.9 Å². The van der Waals surface area contributed by atoms with E-state index in [0.29, 0.717) is 28.9 Å². The lowest BCUT2D eigenvalue weighted by Crippen LogP contribution is -2.67. The predicted molar refractivity (Wildman–Crippen MR) is 154 cm³/mol. The molecule has 1 spiro atoms. The second kappa shape index (κ2) is 9.73. The minimum Gasteiger partial charge on any atom is -0.507 e. The molecule has 2 unspecified atom stereocenters. The summed E-state index contributed by atoms with van der Waals surface area (Å²) in [4.78, 5) is 9.98. The van der Waals surface area contributed by atoms with Crippen molar-refractivity contribution in [1.29, 1.82) is 0 Å². The zero-order valence-corrected chi connectivity index (χ0v) is 23.5. The van der Waals surface area contributed by atoms with Gasteiger partial charge in [-0.3, -0.25) is 0 Å². The first kappa shape index (κ1) is 25.6. The summed E-state index contributed by atoms with van der Waals surface area (Å²) in [7, 11) is 0. The van der Waals surface area contributed by atoms with Gasteiger partial charge in [0.15, 0.2) is 5.79 Å². The van der Waals surface area contributed by atoms with Gasteiger partial charge in [-0.05, 0) is 110 Å². The molecule has 214 valence electrons. The largest absolute Gasteiger partial charge is 0.507 e. The highest BCUT2D eigenvalue weighted by atomic mass is 16.7. The second-order valence-electron chi connectivity index (χ2n) is 13.4. The molecule has 2 aromatic heterocycles. The topological polar surface area (TPSA) is 116 Å². The lowest BCUT2D eigenvalue weighted by molar-refractivity contribution is -0.178. The maximum absolute atomic E-state index is 10.2. The van der Waals surface area contributed by atoms with Crippen molar-refractivity contribution >= 4 is 5.82 Å². The molecule has 0 amide bonds. The maximum atomic E-state index is 10.2. The number of benzene rings is 1. The summed E-state index contributed by atoms with van der Waals surface area (Å²) in [6.07, 6.45) is 15.4. The molecule has 3 N–H and O–H groups in total. The Morgan fingerprint density at radius 1 is 0.951 bits per heavy atom. The fourth-order valence-electron chi connectivity index (χ4n) is 9.30. The first-order valence-corrected chi connectivity index (χ1v) is 15.5. The number of phenols is 1. The van der Waals surface area contributed by atoms with Crippen molar-refractivity contribution < 1.29 is 14.6 Å². The highest BCUT2D eigenvalue weighted by Crippen LogP contribution is 2.72. The van der Waals surface area contributed by atoms with Gasteiger partial charge < -0.3 is 20.3 Å². The van der Waals surface area contributed by atoms with Crippen LogP contribution in [-0.4, -0.2) is 44.3 Å².